The Morgan fingerprint density at radius 1 is 1.14 bits per heavy atom. The normalized spacial score (nSPS) is 15.8. The highest BCUT2D eigenvalue weighted by atomic mass is 32.1. The maximum Gasteiger partial charge on any atom is 0.226 e. The van der Waals surface area contributed by atoms with Gasteiger partial charge in [-0.2, -0.15) is 0 Å². The van der Waals surface area contributed by atoms with Gasteiger partial charge in [0.1, 0.15) is 5.01 Å². The van der Waals surface area contributed by atoms with Crippen LogP contribution in [0.2, 0.25) is 0 Å². The van der Waals surface area contributed by atoms with Crippen molar-refractivity contribution in [3.63, 3.8) is 0 Å². The molecule has 122 valence electrons. The Hall–Kier alpha value is -1.50. The molecule has 7 heteroatoms. The maximum atomic E-state index is 11.9. The van der Waals surface area contributed by atoms with Crippen molar-refractivity contribution in [2.24, 2.45) is 0 Å². The molecule has 22 heavy (non-hydrogen) atoms. The summed E-state index contributed by atoms with van der Waals surface area (Å²) in [6.45, 7) is 6.14. The molecule has 0 aliphatic heterocycles. The maximum absolute atomic E-state index is 11.9. The minimum Gasteiger partial charge on any atom is -0.353 e. The van der Waals surface area contributed by atoms with Gasteiger partial charge >= 0.3 is 0 Å². The summed E-state index contributed by atoms with van der Waals surface area (Å²) < 4.78 is 0. The zero-order valence-electron chi connectivity index (χ0n) is 13.4. The van der Waals surface area contributed by atoms with E-state index in [1.807, 2.05) is 20.8 Å². The number of nitrogens with zero attached hydrogens (tertiary/aromatic N) is 2. The molecule has 1 aromatic heterocycles. The summed E-state index contributed by atoms with van der Waals surface area (Å²) in [7, 11) is 0. The summed E-state index contributed by atoms with van der Waals surface area (Å²) in [5.41, 5.74) is -0.0815. The van der Waals surface area contributed by atoms with E-state index in [1.54, 1.807) is 0 Å². The van der Waals surface area contributed by atoms with Gasteiger partial charge in [0.2, 0.25) is 16.9 Å². The van der Waals surface area contributed by atoms with Crippen molar-refractivity contribution < 1.29 is 9.59 Å². The fourth-order valence-electron chi connectivity index (χ4n) is 2.36. The van der Waals surface area contributed by atoms with Crippen LogP contribution in [0.25, 0.3) is 0 Å². The van der Waals surface area contributed by atoms with E-state index >= 15 is 0 Å². The van der Waals surface area contributed by atoms with Gasteiger partial charge in [0.15, 0.2) is 0 Å². The zero-order chi connectivity index (χ0) is 16.2. The van der Waals surface area contributed by atoms with Crippen molar-refractivity contribution in [1.29, 1.82) is 0 Å². The molecule has 2 rings (SSSR count). The van der Waals surface area contributed by atoms with Crippen molar-refractivity contribution >= 4 is 28.3 Å². The Morgan fingerprint density at radius 3 is 2.36 bits per heavy atom. The summed E-state index contributed by atoms with van der Waals surface area (Å²) in [5.74, 6) is -0.243. The van der Waals surface area contributed by atoms with E-state index < -0.39 is 0 Å². The van der Waals surface area contributed by atoms with Crippen LogP contribution in [0.3, 0.4) is 0 Å². The van der Waals surface area contributed by atoms with E-state index in [-0.39, 0.29) is 30.1 Å². The Morgan fingerprint density at radius 2 is 1.77 bits per heavy atom. The first-order chi connectivity index (χ1) is 10.3. The monoisotopic (exact) mass is 324 g/mol. The minimum absolute atomic E-state index is 0.0466. The smallest absolute Gasteiger partial charge is 0.226 e. The fraction of sp³-hybridized carbons (Fsp3) is 0.733. The molecule has 1 heterocycles. The van der Waals surface area contributed by atoms with Crippen LogP contribution >= 0.6 is 11.3 Å². The topological polar surface area (TPSA) is 84.0 Å². The Labute approximate surface area is 135 Å². The van der Waals surface area contributed by atoms with Crippen molar-refractivity contribution in [2.45, 2.75) is 70.8 Å². The molecule has 0 aromatic carbocycles. The molecule has 2 N–H and O–H groups in total. The summed E-state index contributed by atoms with van der Waals surface area (Å²) in [5, 5.41) is 15.1. The fourth-order valence-corrected chi connectivity index (χ4v) is 3.17. The molecular weight excluding hydrogens is 300 g/mol. The number of hydrogen-bond donors (Lipinski definition) is 2. The van der Waals surface area contributed by atoms with Crippen LogP contribution < -0.4 is 10.6 Å². The molecule has 0 bridgehead atoms. The van der Waals surface area contributed by atoms with E-state index in [1.165, 1.54) is 24.2 Å². The molecule has 2 amide bonds. The first-order valence-electron chi connectivity index (χ1n) is 7.78. The second-order valence-electron chi connectivity index (χ2n) is 6.76. The molecule has 0 saturated heterocycles. The lowest BCUT2D eigenvalue weighted by Crippen LogP contribution is -2.33. The van der Waals surface area contributed by atoms with Gasteiger partial charge in [-0.1, -0.05) is 44.9 Å². The molecule has 0 atom stereocenters. The lowest BCUT2D eigenvalue weighted by atomic mass is 9.98. The molecule has 1 aliphatic carbocycles. The first-order valence-corrected chi connectivity index (χ1v) is 8.59. The van der Waals surface area contributed by atoms with Crippen LogP contribution in [0.4, 0.5) is 5.13 Å². The number of aromatic nitrogens is 2. The molecule has 1 aliphatic rings. The average Bonchev–Trinajstić information content (AvgIpc) is 3.07. The molecule has 0 unspecified atom stereocenters. The standard InChI is InChI=1S/C15H24N4O2S/c1-15(2,3)13-18-19-14(22-13)17-12(21)9-8-11(20)16-10-6-4-5-7-10/h10H,4-9H2,1-3H3,(H,16,20)(H,17,19,21). The summed E-state index contributed by atoms with van der Waals surface area (Å²) in [6, 6.07) is 0.299. The number of rotatable bonds is 5. The second kappa shape index (κ2) is 7.17. The number of carbonyl (C=O) groups is 2. The highest BCUT2D eigenvalue weighted by molar-refractivity contribution is 7.15. The van der Waals surface area contributed by atoms with Crippen LogP contribution in [0, 0.1) is 0 Å². The quantitative estimate of drug-likeness (QED) is 0.872. The zero-order valence-corrected chi connectivity index (χ0v) is 14.3. The molecule has 1 aromatic rings. The van der Waals surface area contributed by atoms with E-state index in [2.05, 4.69) is 20.8 Å². The van der Waals surface area contributed by atoms with Gasteiger partial charge in [0.25, 0.3) is 0 Å². The highest BCUT2D eigenvalue weighted by Gasteiger charge is 2.20. The van der Waals surface area contributed by atoms with Gasteiger partial charge in [-0.3, -0.25) is 9.59 Å². The number of amides is 2. The van der Waals surface area contributed by atoms with E-state index in [0.717, 1.165) is 17.8 Å². The van der Waals surface area contributed by atoms with Crippen LogP contribution in [-0.2, 0) is 15.0 Å². The predicted octanol–water partition coefficient (Wildman–Crippen LogP) is 2.61. The lowest BCUT2D eigenvalue weighted by Gasteiger charge is -2.12. The van der Waals surface area contributed by atoms with E-state index in [0.29, 0.717) is 11.2 Å². The first kappa shape index (κ1) is 16.9. The van der Waals surface area contributed by atoms with Crippen molar-refractivity contribution in [1.82, 2.24) is 15.5 Å². The molecule has 1 saturated carbocycles. The van der Waals surface area contributed by atoms with Gasteiger partial charge in [-0.25, -0.2) is 0 Å². The van der Waals surface area contributed by atoms with E-state index in [4.69, 9.17) is 0 Å². The Bertz CT molecular complexity index is 530. The van der Waals surface area contributed by atoms with Crippen molar-refractivity contribution in [3.05, 3.63) is 5.01 Å². The second-order valence-corrected chi connectivity index (χ2v) is 7.74. The Balaban J connectivity index is 1.73. The largest absolute Gasteiger partial charge is 0.353 e. The lowest BCUT2D eigenvalue weighted by molar-refractivity contribution is -0.124. The number of nitrogens with one attached hydrogen (secondary N) is 2. The molecule has 6 nitrogen and oxygen atoms in total. The molecule has 0 spiro atoms. The third kappa shape index (κ3) is 5.05. The van der Waals surface area contributed by atoms with Crippen molar-refractivity contribution in [2.75, 3.05) is 5.32 Å². The van der Waals surface area contributed by atoms with Gasteiger partial charge in [0, 0.05) is 24.3 Å². The van der Waals surface area contributed by atoms with Crippen molar-refractivity contribution in [3.8, 4) is 0 Å². The predicted molar refractivity (Wildman–Crippen MR) is 86.9 cm³/mol. The summed E-state index contributed by atoms with van der Waals surface area (Å²) in [4.78, 5) is 23.6. The number of hydrogen-bond acceptors (Lipinski definition) is 5. The SMILES string of the molecule is CC(C)(C)c1nnc(NC(=O)CCC(=O)NC2CCCC2)s1. The summed E-state index contributed by atoms with van der Waals surface area (Å²) >= 11 is 1.37. The molecule has 1 fully saturated rings. The number of anilines is 1. The van der Waals surface area contributed by atoms with E-state index in [9.17, 15) is 9.59 Å². The Kier molecular flexibility index (Phi) is 5.50. The van der Waals surface area contributed by atoms with Gasteiger partial charge in [0.05, 0.1) is 0 Å². The summed E-state index contributed by atoms with van der Waals surface area (Å²) in [6.07, 6.45) is 4.85. The van der Waals surface area contributed by atoms with Crippen LogP contribution in [-0.4, -0.2) is 28.1 Å². The highest BCUT2D eigenvalue weighted by Crippen LogP contribution is 2.27. The van der Waals surface area contributed by atoms with Crippen LogP contribution in [0.5, 0.6) is 0 Å². The molecular formula is C15H24N4O2S. The average molecular weight is 324 g/mol. The van der Waals surface area contributed by atoms with Crippen LogP contribution in [0.15, 0.2) is 0 Å². The number of carbonyl (C=O) groups excluding carboxylic acids is 2. The minimum atomic E-state index is -0.196. The van der Waals surface area contributed by atoms with Crippen LogP contribution in [0.1, 0.15) is 64.3 Å². The third-order valence-electron chi connectivity index (χ3n) is 3.61. The van der Waals surface area contributed by atoms with Gasteiger partial charge < -0.3 is 10.6 Å². The van der Waals surface area contributed by atoms with Gasteiger partial charge in [-0.15, -0.1) is 10.2 Å². The third-order valence-corrected chi connectivity index (χ3v) is 4.88. The molecule has 0 radical (unpaired) electrons. The van der Waals surface area contributed by atoms with Gasteiger partial charge in [-0.05, 0) is 12.8 Å².